The molecule has 20 heavy (non-hydrogen) atoms. The van der Waals surface area contributed by atoms with Crippen molar-refractivity contribution >= 4 is 34.6 Å². The third-order valence-electron chi connectivity index (χ3n) is 2.54. The van der Waals surface area contributed by atoms with Crippen LogP contribution in [0.1, 0.15) is 6.42 Å². The Bertz CT molecular complexity index is 559. The molecule has 1 unspecified atom stereocenters. The van der Waals surface area contributed by atoms with E-state index >= 15 is 0 Å². The van der Waals surface area contributed by atoms with Gasteiger partial charge in [0.1, 0.15) is 0 Å². The van der Waals surface area contributed by atoms with Crippen LogP contribution in [0.4, 0.5) is 5.82 Å². The molecule has 1 amide bonds. The van der Waals surface area contributed by atoms with Crippen molar-refractivity contribution in [2.75, 3.05) is 6.54 Å². The van der Waals surface area contributed by atoms with Crippen LogP contribution in [0.5, 0.6) is 0 Å². The molecule has 0 spiro atoms. The molecule has 7 heteroatoms. The Kier molecular flexibility index (Phi) is 4.52. The standard InChI is InChI=1S/C13H13N3O3S/c1-2-7-16-12(19)9(8-11(17)18)20-13(16)15-10-5-3-4-6-14-10/h2-6,9H,1,7-8H2,(H,17,18)/p-1. The van der Waals surface area contributed by atoms with E-state index in [1.807, 2.05) is 0 Å². The molecule has 2 rings (SSSR count). The summed E-state index contributed by atoms with van der Waals surface area (Å²) in [6.45, 7) is 3.86. The topological polar surface area (TPSA) is 85.7 Å². The third kappa shape index (κ3) is 3.24. The molecule has 1 atom stereocenters. The van der Waals surface area contributed by atoms with Gasteiger partial charge in [0.05, 0.1) is 5.25 Å². The highest BCUT2D eigenvalue weighted by Gasteiger charge is 2.37. The number of aliphatic carboxylic acids is 1. The van der Waals surface area contributed by atoms with Gasteiger partial charge in [-0.05, 0) is 12.1 Å². The van der Waals surface area contributed by atoms with Gasteiger partial charge in [-0.15, -0.1) is 6.58 Å². The number of hydrogen-bond donors (Lipinski definition) is 0. The maximum atomic E-state index is 12.1. The molecule has 1 aromatic heterocycles. The monoisotopic (exact) mass is 290 g/mol. The molecule has 104 valence electrons. The van der Waals surface area contributed by atoms with Gasteiger partial charge in [0.2, 0.25) is 5.91 Å². The molecular weight excluding hydrogens is 278 g/mol. The number of amidine groups is 1. The summed E-state index contributed by atoms with van der Waals surface area (Å²) in [4.78, 5) is 32.5. The summed E-state index contributed by atoms with van der Waals surface area (Å²) in [5.41, 5.74) is 0. The number of carbonyl (C=O) groups is 2. The first-order chi connectivity index (χ1) is 9.61. The lowest BCUT2D eigenvalue weighted by atomic mass is 10.3. The number of aromatic nitrogens is 1. The van der Waals surface area contributed by atoms with Gasteiger partial charge in [-0.2, -0.15) is 0 Å². The molecule has 1 fully saturated rings. The number of aliphatic imine (C=N–C) groups is 1. The van der Waals surface area contributed by atoms with Crippen molar-refractivity contribution in [2.24, 2.45) is 4.99 Å². The second-order valence-corrected chi connectivity index (χ2v) is 5.17. The molecule has 2 heterocycles. The number of thioether (sulfide) groups is 1. The maximum Gasteiger partial charge on any atom is 0.242 e. The van der Waals surface area contributed by atoms with Crippen molar-refractivity contribution in [3.8, 4) is 0 Å². The fraction of sp³-hybridized carbons (Fsp3) is 0.231. The van der Waals surface area contributed by atoms with E-state index in [1.165, 1.54) is 4.90 Å². The summed E-state index contributed by atoms with van der Waals surface area (Å²) >= 11 is 1.11. The van der Waals surface area contributed by atoms with Gasteiger partial charge in [0.25, 0.3) is 0 Å². The summed E-state index contributed by atoms with van der Waals surface area (Å²) in [5, 5.41) is 10.4. The Morgan fingerprint density at radius 1 is 1.60 bits per heavy atom. The van der Waals surface area contributed by atoms with Gasteiger partial charge >= 0.3 is 0 Å². The molecule has 1 saturated heterocycles. The van der Waals surface area contributed by atoms with E-state index in [0.717, 1.165) is 11.8 Å². The maximum absolute atomic E-state index is 12.1. The minimum absolute atomic E-state index is 0.279. The zero-order valence-electron chi connectivity index (χ0n) is 10.6. The van der Waals surface area contributed by atoms with Crippen LogP contribution in [0.2, 0.25) is 0 Å². The second kappa shape index (κ2) is 6.33. The molecular formula is C13H12N3O3S-. The Morgan fingerprint density at radius 3 is 3.00 bits per heavy atom. The van der Waals surface area contributed by atoms with Crippen LogP contribution in [0.25, 0.3) is 0 Å². The number of carboxylic acids is 1. The minimum atomic E-state index is -1.26. The quantitative estimate of drug-likeness (QED) is 0.730. The van der Waals surface area contributed by atoms with Crippen molar-refractivity contribution in [1.29, 1.82) is 0 Å². The molecule has 1 aliphatic heterocycles. The normalized spacial score (nSPS) is 20.4. The van der Waals surface area contributed by atoms with E-state index in [2.05, 4.69) is 16.6 Å². The fourth-order valence-electron chi connectivity index (χ4n) is 1.69. The van der Waals surface area contributed by atoms with Gasteiger partial charge in [-0.1, -0.05) is 23.9 Å². The molecule has 1 aliphatic rings. The molecule has 0 aliphatic carbocycles. The van der Waals surface area contributed by atoms with Crippen molar-refractivity contribution in [3.05, 3.63) is 37.1 Å². The van der Waals surface area contributed by atoms with Gasteiger partial charge in [-0.25, -0.2) is 9.98 Å². The van der Waals surface area contributed by atoms with Crippen molar-refractivity contribution in [1.82, 2.24) is 9.88 Å². The number of carboxylic acid groups (broad SMARTS) is 1. The van der Waals surface area contributed by atoms with Gasteiger partial charge in [0.15, 0.2) is 11.0 Å². The first-order valence-electron chi connectivity index (χ1n) is 5.90. The van der Waals surface area contributed by atoms with E-state index in [4.69, 9.17) is 0 Å². The molecule has 0 N–H and O–H groups in total. The third-order valence-corrected chi connectivity index (χ3v) is 3.72. The van der Waals surface area contributed by atoms with E-state index in [9.17, 15) is 14.7 Å². The molecule has 6 nitrogen and oxygen atoms in total. The lowest BCUT2D eigenvalue weighted by Gasteiger charge is -2.13. The smallest absolute Gasteiger partial charge is 0.242 e. The highest BCUT2D eigenvalue weighted by molar-refractivity contribution is 8.15. The van der Waals surface area contributed by atoms with Crippen LogP contribution in [-0.4, -0.2) is 38.7 Å². The first kappa shape index (κ1) is 14.3. The first-order valence-corrected chi connectivity index (χ1v) is 6.78. The van der Waals surface area contributed by atoms with E-state index in [0.29, 0.717) is 11.0 Å². The summed E-state index contributed by atoms with van der Waals surface area (Å²) in [6, 6.07) is 5.25. The average molecular weight is 290 g/mol. The van der Waals surface area contributed by atoms with Crippen LogP contribution in [-0.2, 0) is 9.59 Å². The van der Waals surface area contributed by atoms with Gasteiger partial charge in [-0.3, -0.25) is 9.69 Å². The van der Waals surface area contributed by atoms with Crippen LogP contribution in [0.15, 0.2) is 42.0 Å². The van der Waals surface area contributed by atoms with Crippen molar-refractivity contribution in [2.45, 2.75) is 11.7 Å². The zero-order chi connectivity index (χ0) is 14.5. The number of nitrogens with zero attached hydrogens (tertiary/aromatic N) is 3. The number of pyridine rings is 1. The molecule has 0 bridgehead atoms. The molecule has 0 radical (unpaired) electrons. The van der Waals surface area contributed by atoms with E-state index < -0.39 is 11.2 Å². The van der Waals surface area contributed by atoms with Crippen LogP contribution in [0.3, 0.4) is 0 Å². The fourth-order valence-corrected chi connectivity index (χ4v) is 2.83. The lowest BCUT2D eigenvalue weighted by molar-refractivity contribution is -0.305. The summed E-state index contributed by atoms with van der Waals surface area (Å²) in [6.07, 6.45) is 2.82. The summed E-state index contributed by atoms with van der Waals surface area (Å²) in [5.74, 6) is -1.09. The predicted octanol–water partition coefficient (Wildman–Crippen LogP) is 0.339. The molecule has 1 aromatic rings. The molecule has 0 saturated carbocycles. The summed E-state index contributed by atoms with van der Waals surface area (Å²) < 4.78 is 0. The van der Waals surface area contributed by atoms with Crippen molar-refractivity contribution < 1.29 is 14.7 Å². The number of rotatable bonds is 5. The second-order valence-electron chi connectivity index (χ2n) is 4.00. The van der Waals surface area contributed by atoms with Crippen molar-refractivity contribution in [3.63, 3.8) is 0 Å². The van der Waals surface area contributed by atoms with Gasteiger partial charge in [0, 0.05) is 25.1 Å². The van der Waals surface area contributed by atoms with Crippen LogP contribution >= 0.6 is 11.8 Å². The van der Waals surface area contributed by atoms with E-state index in [1.54, 1.807) is 30.5 Å². The predicted molar refractivity (Wildman–Crippen MR) is 74.2 cm³/mol. The number of amides is 1. The number of carbonyl (C=O) groups excluding carboxylic acids is 2. The minimum Gasteiger partial charge on any atom is -0.550 e. The molecule has 0 aromatic carbocycles. The highest BCUT2D eigenvalue weighted by Crippen LogP contribution is 2.30. The lowest BCUT2D eigenvalue weighted by Crippen LogP contribution is -2.35. The highest BCUT2D eigenvalue weighted by atomic mass is 32.2. The average Bonchev–Trinajstić information content (AvgIpc) is 2.68. The largest absolute Gasteiger partial charge is 0.550 e. The zero-order valence-corrected chi connectivity index (χ0v) is 11.4. The number of hydrogen-bond acceptors (Lipinski definition) is 6. The Balaban J connectivity index is 2.26. The van der Waals surface area contributed by atoms with Gasteiger partial charge < -0.3 is 9.90 Å². The van der Waals surface area contributed by atoms with Crippen LogP contribution < -0.4 is 5.11 Å². The van der Waals surface area contributed by atoms with E-state index in [-0.39, 0.29) is 18.9 Å². The summed E-state index contributed by atoms with van der Waals surface area (Å²) in [7, 11) is 0. The Morgan fingerprint density at radius 2 is 2.40 bits per heavy atom. The Labute approximate surface area is 120 Å². The Hall–Kier alpha value is -2.15. The SMILES string of the molecule is C=CCN1C(=O)C(CC(=O)[O-])SC1=Nc1ccccn1. The van der Waals surface area contributed by atoms with Crippen LogP contribution in [0, 0.1) is 0 Å².